The number of hydrogen-bond donors (Lipinski definition) is 2. The number of anilines is 1. The lowest BCUT2D eigenvalue weighted by atomic mass is 9.47. The van der Waals surface area contributed by atoms with Crippen molar-refractivity contribution in [2.24, 2.45) is 11.3 Å². The van der Waals surface area contributed by atoms with Crippen molar-refractivity contribution in [3.8, 4) is 5.75 Å². The highest BCUT2D eigenvalue weighted by Crippen LogP contribution is 2.68. The number of para-hydroxylation sites is 1. The maximum Gasteiger partial charge on any atom is 0.344 e. The predicted octanol–water partition coefficient (Wildman–Crippen LogP) is 4.75. The minimum atomic E-state index is -2.27. The fourth-order valence-corrected chi connectivity index (χ4v) is 12.8. The number of ether oxygens (including phenoxy) is 4. The van der Waals surface area contributed by atoms with Gasteiger partial charge in [-0.1, -0.05) is 55.8 Å². The fraction of sp³-hybridized carbons (Fsp3) is 0.533. The van der Waals surface area contributed by atoms with Crippen molar-refractivity contribution >= 4 is 34.5 Å². The van der Waals surface area contributed by atoms with Crippen LogP contribution in [0.25, 0.3) is 10.9 Å². The van der Waals surface area contributed by atoms with Crippen molar-refractivity contribution in [1.29, 1.82) is 0 Å². The first-order valence-corrected chi connectivity index (χ1v) is 20.3. The van der Waals surface area contributed by atoms with Gasteiger partial charge in [0.2, 0.25) is 5.60 Å². The summed E-state index contributed by atoms with van der Waals surface area (Å²) in [5.74, 6) is -1.31. The van der Waals surface area contributed by atoms with Crippen LogP contribution in [0.4, 0.5) is 5.69 Å². The Hall–Kier alpha value is -4.65. The first-order chi connectivity index (χ1) is 27.4. The molecular weight excluding hydrogens is 725 g/mol. The second-order valence-electron chi connectivity index (χ2n) is 17.2. The van der Waals surface area contributed by atoms with E-state index in [1.165, 1.54) is 26.7 Å². The average Bonchev–Trinajstić information content (AvgIpc) is 3.87. The molecule has 0 amide bonds. The Morgan fingerprint density at radius 1 is 1.00 bits per heavy atom. The Kier molecular flexibility index (Phi) is 8.77. The normalized spacial score (nSPS) is 34.9. The summed E-state index contributed by atoms with van der Waals surface area (Å²) in [5.41, 5.74) is 1.05. The van der Waals surface area contributed by atoms with E-state index in [2.05, 4.69) is 58.1 Å². The lowest BCUT2D eigenvalue weighted by Gasteiger charge is -2.63. The van der Waals surface area contributed by atoms with Gasteiger partial charge in [-0.25, -0.2) is 4.79 Å². The van der Waals surface area contributed by atoms with Crippen molar-refractivity contribution < 1.29 is 38.4 Å². The number of H-pyrrole nitrogens is 1. The highest BCUT2D eigenvalue weighted by Gasteiger charge is 2.80. The van der Waals surface area contributed by atoms with E-state index in [4.69, 9.17) is 18.9 Å². The maximum absolute atomic E-state index is 15.2. The molecule has 9 rings (SSSR count). The number of hydrogen-bond acceptors (Lipinski definition) is 11. The zero-order chi connectivity index (χ0) is 40.2. The van der Waals surface area contributed by atoms with Crippen LogP contribution in [0.1, 0.15) is 68.8 Å². The second-order valence-corrected chi connectivity index (χ2v) is 17.2. The number of methoxy groups -OCH3 is 3. The largest absolute Gasteiger partial charge is 0.496 e. The Balaban J connectivity index is 1.37. The monoisotopic (exact) mass is 778 g/mol. The molecular formula is C45H54N4O8. The smallest absolute Gasteiger partial charge is 0.344 e. The molecule has 6 heterocycles. The van der Waals surface area contributed by atoms with Gasteiger partial charge in [0.05, 0.1) is 27.4 Å². The third-order valence-corrected chi connectivity index (χ3v) is 14.8. The molecule has 2 fully saturated rings. The molecule has 12 nitrogen and oxygen atoms in total. The summed E-state index contributed by atoms with van der Waals surface area (Å²) in [6.45, 7) is 9.19. The summed E-state index contributed by atoms with van der Waals surface area (Å²) in [5, 5.41) is 14.4. The van der Waals surface area contributed by atoms with Gasteiger partial charge in [-0.15, -0.1) is 0 Å². The molecule has 6 aliphatic rings. The summed E-state index contributed by atoms with van der Waals surface area (Å²) in [7, 11) is 6.22. The first-order valence-electron chi connectivity index (χ1n) is 20.3. The molecule has 1 spiro atoms. The number of nitrogens with zero attached hydrogens (tertiary/aromatic N) is 3. The number of aromatic nitrogens is 1. The van der Waals surface area contributed by atoms with Gasteiger partial charge < -0.3 is 33.9 Å². The average molecular weight is 779 g/mol. The molecule has 5 aliphatic heterocycles. The molecule has 1 saturated heterocycles. The van der Waals surface area contributed by atoms with Crippen molar-refractivity contribution in [3.05, 3.63) is 82.6 Å². The van der Waals surface area contributed by atoms with E-state index in [0.717, 1.165) is 52.9 Å². The van der Waals surface area contributed by atoms with E-state index in [1.807, 2.05) is 37.1 Å². The number of nitrogens with one attached hydrogen (secondary N) is 1. The van der Waals surface area contributed by atoms with E-state index >= 15 is 4.79 Å². The van der Waals surface area contributed by atoms with Crippen LogP contribution in [-0.4, -0.2) is 116 Å². The van der Waals surface area contributed by atoms with Crippen LogP contribution < -0.4 is 9.64 Å². The minimum Gasteiger partial charge on any atom is -0.496 e. The Morgan fingerprint density at radius 3 is 2.47 bits per heavy atom. The number of fused-ring (bicyclic) bond motifs is 6. The first kappa shape index (κ1) is 37.9. The molecule has 2 N–H and O–H groups in total. The van der Waals surface area contributed by atoms with E-state index in [1.54, 1.807) is 7.11 Å². The summed E-state index contributed by atoms with van der Waals surface area (Å²) in [4.78, 5) is 53.1. The minimum absolute atomic E-state index is 0.0284. The number of aliphatic hydroxyl groups is 1. The molecule has 3 aromatic rings. The molecule has 12 heteroatoms. The standard InChI is InChI=1S/C45H54N4O8/c1-8-27-19-28-22-44(40(51)55-6,36-30(25-48(23-27)24-28)29-13-10-11-14-33(29)46-36)32-20-31-34(21-35(32)54-5)47(4)38-43(31)16-18-49-17-12-15-42(9-2,37(43)49)39(57-26(3)50)45(38,53)41(52)56-7/h10-15,19-21,28,37-39,46,53H,8-9,16-18,22-25H2,1-7H3/t28?,37-,38+,39+,42+,43+,44+,45-/m0/s1. The fourth-order valence-electron chi connectivity index (χ4n) is 12.8. The predicted molar refractivity (Wildman–Crippen MR) is 214 cm³/mol. The lowest BCUT2D eigenvalue weighted by molar-refractivity contribution is -0.228. The molecule has 2 unspecified atom stereocenters. The quantitative estimate of drug-likeness (QED) is 0.196. The van der Waals surface area contributed by atoms with Crippen LogP contribution in [0.3, 0.4) is 0 Å². The number of carbonyl (C=O) groups excluding carboxylic acids is 3. The van der Waals surface area contributed by atoms with Gasteiger partial charge in [0, 0.05) is 90.9 Å². The molecule has 1 aliphatic carbocycles. The van der Waals surface area contributed by atoms with Gasteiger partial charge in [-0.2, -0.15) is 0 Å². The highest BCUT2D eigenvalue weighted by atomic mass is 16.6. The number of aromatic amines is 1. The van der Waals surface area contributed by atoms with E-state index in [9.17, 15) is 14.7 Å². The van der Waals surface area contributed by atoms with Crippen LogP contribution in [0.15, 0.2) is 60.2 Å². The zero-order valence-electron chi connectivity index (χ0n) is 34.0. The number of esters is 3. The molecule has 0 radical (unpaired) electrons. The Bertz CT molecular complexity index is 2250. The van der Waals surface area contributed by atoms with Crippen LogP contribution in [0.5, 0.6) is 5.75 Å². The molecule has 2 aromatic carbocycles. The van der Waals surface area contributed by atoms with Crippen LogP contribution in [-0.2, 0) is 46.0 Å². The van der Waals surface area contributed by atoms with Crippen LogP contribution >= 0.6 is 0 Å². The molecule has 57 heavy (non-hydrogen) atoms. The third-order valence-electron chi connectivity index (χ3n) is 14.8. The van der Waals surface area contributed by atoms with E-state index in [-0.39, 0.29) is 17.9 Å². The summed E-state index contributed by atoms with van der Waals surface area (Å²) >= 11 is 0. The van der Waals surface area contributed by atoms with Gasteiger partial charge in [0.25, 0.3) is 0 Å². The van der Waals surface area contributed by atoms with Crippen LogP contribution in [0, 0.1) is 11.3 Å². The van der Waals surface area contributed by atoms with Gasteiger partial charge in [0.1, 0.15) is 11.2 Å². The Morgan fingerprint density at radius 2 is 1.77 bits per heavy atom. The van der Waals surface area contributed by atoms with Gasteiger partial charge in [-0.3, -0.25) is 19.4 Å². The van der Waals surface area contributed by atoms with Gasteiger partial charge >= 0.3 is 17.9 Å². The molecule has 302 valence electrons. The third kappa shape index (κ3) is 4.80. The molecule has 1 aromatic heterocycles. The maximum atomic E-state index is 15.2. The van der Waals surface area contributed by atoms with Crippen molar-refractivity contribution in [3.63, 3.8) is 0 Å². The lowest BCUT2D eigenvalue weighted by Crippen LogP contribution is -2.81. The Labute approximate surface area is 333 Å². The number of benzene rings is 2. The second kappa shape index (κ2) is 13.2. The van der Waals surface area contributed by atoms with Gasteiger partial charge in [0.15, 0.2) is 6.10 Å². The van der Waals surface area contributed by atoms with E-state index < -0.39 is 45.9 Å². The van der Waals surface area contributed by atoms with Gasteiger partial charge in [-0.05, 0) is 61.4 Å². The SMILES string of the molecule is CCC1=CC2CN(C1)Cc1c([nH]c3ccccc13)[C@](C(=O)OC)(c1cc3c(cc1OC)N(C)[C@H]1[C@@](O)(C(=O)OC)[C@H](OC(C)=O)[C@]4(CC)C=CCN5CC[C@]31[C@@H]54)C2. The highest BCUT2D eigenvalue weighted by molar-refractivity contribution is 5.95. The summed E-state index contributed by atoms with van der Waals surface area (Å²) < 4.78 is 23.9. The number of likely N-dealkylation sites (N-methyl/N-ethyl adjacent to an activating group) is 1. The van der Waals surface area contributed by atoms with Crippen molar-refractivity contribution in [1.82, 2.24) is 14.8 Å². The van der Waals surface area contributed by atoms with Crippen molar-refractivity contribution in [2.45, 2.75) is 87.6 Å². The number of rotatable bonds is 7. The molecule has 1 saturated carbocycles. The molecule has 9 atom stereocenters. The number of carbonyl (C=O) groups is 3. The summed E-state index contributed by atoms with van der Waals surface area (Å²) in [6, 6.07) is 11.2. The van der Waals surface area contributed by atoms with E-state index in [0.29, 0.717) is 50.2 Å². The van der Waals surface area contributed by atoms with Crippen molar-refractivity contribution in [2.75, 3.05) is 59.5 Å². The summed E-state index contributed by atoms with van der Waals surface area (Å²) in [6.07, 6.45) is 7.67. The topological polar surface area (TPSA) is 134 Å². The van der Waals surface area contributed by atoms with Crippen LogP contribution in [0.2, 0.25) is 0 Å². The molecule has 2 bridgehead atoms. The zero-order valence-corrected chi connectivity index (χ0v) is 34.0.